The van der Waals surface area contributed by atoms with Gasteiger partial charge in [0.1, 0.15) is 5.82 Å². The van der Waals surface area contributed by atoms with E-state index in [1.807, 2.05) is 22.5 Å². The summed E-state index contributed by atoms with van der Waals surface area (Å²) in [4.78, 5) is 12.2. The van der Waals surface area contributed by atoms with Gasteiger partial charge in [-0.15, -0.1) is 0 Å². The highest BCUT2D eigenvalue weighted by Crippen LogP contribution is 2.36. The molecule has 0 saturated carbocycles. The molecule has 0 aliphatic carbocycles. The third kappa shape index (κ3) is 3.15. The van der Waals surface area contributed by atoms with Crippen LogP contribution in [0.1, 0.15) is 48.6 Å². The number of hydrogen-bond donors (Lipinski definition) is 1. The summed E-state index contributed by atoms with van der Waals surface area (Å²) >= 11 is 1.85. The monoisotopic (exact) mass is 329 g/mol. The van der Waals surface area contributed by atoms with Gasteiger partial charge in [-0.05, 0) is 37.5 Å². The summed E-state index contributed by atoms with van der Waals surface area (Å²) < 4.78 is 1.93. The number of fused-ring (bicyclic) bond motifs is 1. The van der Waals surface area contributed by atoms with Crippen LogP contribution in [0.3, 0.4) is 0 Å². The summed E-state index contributed by atoms with van der Waals surface area (Å²) in [6, 6.07) is 6.21. The van der Waals surface area contributed by atoms with E-state index in [9.17, 15) is 4.79 Å². The number of nitrogens with one attached hydrogen (secondary N) is 1. The van der Waals surface area contributed by atoms with Crippen LogP contribution in [-0.4, -0.2) is 15.7 Å². The maximum atomic E-state index is 12.2. The molecule has 0 atom stereocenters. The molecule has 0 saturated heterocycles. The zero-order valence-corrected chi connectivity index (χ0v) is 14.8. The molecule has 0 radical (unpaired) electrons. The number of carbonyl (C=O) groups excluding carboxylic acids is 1. The molecule has 0 unspecified atom stereocenters. The molecule has 0 spiro atoms. The van der Waals surface area contributed by atoms with Crippen molar-refractivity contribution in [3.05, 3.63) is 40.6 Å². The number of thioether (sulfide) groups is 1. The van der Waals surface area contributed by atoms with Crippen LogP contribution in [0.5, 0.6) is 0 Å². The van der Waals surface area contributed by atoms with Gasteiger partial charge in [0.2, 0.25) is 5.91 Å². The Morgan fingerprint density at radius 2 is 2.17 bits per heavy atom. The molecule has 1 aliphatic heterocycles. The van der Waals surface area contributed by atoms with Gasteiger partial charge in [-0.1, -0.05) is 25.5 Å². The Hall–Kier alpha value is -1.75. The molecule has 5 heteroatoms. The van der Waals surface area contributed by atoms with E-state index in [1.54, 1.807) is 0 Å². The minimum Gasteiger partial charge on any atom is -0.310 e. The van der Waals surface area contributed by atoms with Crippen LogP contribution < -0.4 is 5.32 Å². The number of aromatic nitrogens is 2. The van der Waals surface area contributed by atoms with Crippen molar-refractivity contribution in [2.75, 3.05) is 5.32 Å². The summed E-state index contributed by atoms with van der Waals surface area (Å²) in [5.74, 6) is 2.78. The lowest BCUT2D eigenvalue weighted by Gasteiger charge is -2.14. The molecule has 0 bridgehead atoms. The molecule has 2 heterocycles. The minimum absolute atomic E-state index is 0.0815. The standard InChI is InChI=1S/C18H23N3OS/c1-4-5-9-17(22)19-18-14-10-23-11-15(14)20-21(18)16-8-6-7-12(2)13(16)3/h6-8H,4-5,9-11H2,1-3H3,(H,19,22). The highest BCUT2D eigenvalue weighted by Gasteiger charge is 2.25. The first-order valence-corrected chi connectivity index (χ1v) is 9.32. The van der Waals surface area contributed by atoms with E-state index in [1.165, 1.54) is 16.7 Å². The van der Waals surface area contributed by atoms with Gasteiger partial charge in [-0.3, -0.25) is 4.79 Å². The first kappa shape index (κ1) is 16.1. The van der Waals surface area contributed by atoms with Crippen molar-refractivity contribution in [2.45, 2.75) is 51.5 Å². The molecule has 122 valence electrons. The lowest BCUT2D eigenvalue weighted by molar-refractivity contribution is -0.116. The number of aryl methyl sites for hydroxylation is 1. The number of hydrogen-bond acceptors (Lipinski definition) is 3. The van der Waals surface area contributed by atoms with Crippen LogP contribution in [-0.2, 0) is 16.3 Å². The Balaban J connectivity index is 2.01. The lowest BCUT2D eigenvalue weighted by atomic mass is 10.1. The summed E-state index contributed by atoms with van der Waals surface area (Å²) in [6.07, 6.45) is 2.51. The molecule has 1 aliphatic rings. The second-order valence-electron chi connectivity index (χ2n) is 6.05. The second kappa shape index (κ2) is 6.79. The lowest BCUT2D eigenvalue weighted by Crippen LogP contribution is -2.16. The van der Waals surface area contributed by atoms with Crippen LogP contribution in [0.2, 0.25) is 0 Å². The van der Waals surface area contributed by atoms with Crippen molar-refractivity contribution in [3.8, 4) is 5.69 Å². The van der Waals surface area contributed by atoms with Gasteiger partial charge in [-0.2, -0.15) is 16.9 Å². The van der Waals surface area contributed by atoms with Crippen molar-refractivity contribution >= 4 is 23.5 Å². The van der Waals surface area contributed by atoms with Gasteiger partial charge in [0, 0.05) is 23.5 Å². The Morgan fingerprint density at radius 3 is 2.96 bits per heavy atom. The Labute approximate surface area is 141 Å². The molecule has 0 fully saturated rings. The minimum atomic E-state index is 0.0815. The molecule has 4 nitrogen and oxygen atoms in total. The van der Waals surface area contributed by atoms with Crippen molar-refractivity contribution in [3.63, 3.8) is 0 Å². The number of amides is 1. The van der Waals surface area contributed by atoms with E-state index in [0.717, 1.165) is 41.5 Å². The van der Waals surface area contributed by atoms with E-state index in [-0.39, 0.29) is 5.91 Å². The molecular weight excluding hydrogens is 306 g/mol. The number of unbranched alkanes of at least 4 members (excludes halogenated alkanes) is 1. The Kier molecular flexibility index (Phi) is 4.76. The maximum Gasteiger partial charge on any atom is 0.225 e. The third-order valence-corrected chi connectivity index (χ3v) is 5.34. The summed E-state index contributed by atoms with van der Waals surface area (Å²) in [6.45, 7) is 6.31. The molecule has 1 aromatic heterocycles. The normalized spacial score (nSPS) is 13.2. The van der Waals surface area contributed by atoms with Crippen LogP contribution in [0.15, 0.2) is 18.2 Å². The summed E-state index contributed by atoms with van der Waals surface area (Å²) in [5, 5.41) is 7.90. The molecule has 1 amide bonds. The van der Waals surface area contributed by atoms with Gasteiger partial charge >= 0.3 is 0 Å². The maximum absolute atomic E-state index is 12.2. The molecule has 1 N–H and O–H groups in total. The van der Waals surface area contributed by atoms with Crippen molar-refractivity contribution in [2.24, 2.45) is 0 Å². The quantitative estimate of drug-likeness (QED) is 0.886. The van der Waals surface area contributed by atoms with Gasteiger partial charge in [0.05, 0.1) is 11.4 Å². The topological polar surface area (TPSA) is 46.9 Å². The molecule has 1 aromatic carbocycles. The highest BCUT2D eigenvalue weighted by atomic mass is 32.2. The summed E-state index contributed by atoms with van der Waals surface area (Å²) in [7, 11) is 0. The fourth-order valence-electron chi connectivity index (χ4n) is 2.81. The molecular formula is C18H23N3OS. The van der Waals surface area contributed by atoms with Gasteiger partial charge in [0.25, 0.3) is 0 Å². The van der Waals surface area contributed by atoms with Crippen LogP contribution in [0.4, 0.5) is 5.82 Å². The molecule has 3 rings (SSSR count). The first-order valence-electron chi connectivity index (χ1n) is 8.16. The SMILES string of the molecule is CCCCC(=O)Nc1c2c(nn1-c1cccc(C)c1C)CSC2. The molecule has 23 heavy (non-hydrogen) atoms. The van der Waals surface area contributed by atoms with Crippen molar-refractivity contribution < 1.29 is 4.79 Å². The number of nitrogens with zero attached hydrogens (tertiary/aromatic N) is 2. The van der Waals surface area contributed by atoms with Crippen molar-refractivity contribution in [1.82, 2.24) is 9.78 Å². The number of anilines is 1. The van der Waals surface area contributed by atoms with Gasteiger partial charge in [-0.25, -0.2) is 4.68 Å². The van der Waals surface area contributed by atoms with E-state index in [4.69, 9.17) is 5.10 Å². The predicted molar refractivity (Wildman–Crippen MR) is 96.2 cm³/mol. The van der Waals surface area contributed by atoms with E-state index >= 15 is 0 Å². The highest BCUT2D eigenvalue weighted by molar-refractivity contribution is 7.98. The number of carbonyl (C=O) groups is 1. The Morgan fingerprint density at radius 1 is 1.35 bits per heavy atom. The number of benzene rings is 1. The van der Waals surface area contributed by atoms with Gasteiger partial charge in [0.15, 0.2) is 0 Å². The van der Waals surface area contributed by atoms with Gasteiger partial charge < -0.3 is 5.32 Å². The largest absolute Gasteiger partial charge is 0.310 e. The summed E-state index contributed by atoms with van der Waals surface area (Å²) in [5.41, 5.74) is 5.76. The van der Waals surface area contributed by atoms with E-state index < -0.39 is 0 Å². The third-order valence-electron chi connectivity index (χ3n) is 4.37. The fourth-order valence-corrected chi connectivity index (χ4v) is 3.85. The zero-order valence-electron chi connectivity index (χ0n) is 14.0. The fraction of sp³-hybridized carbons (Fsp3) is 0.444. The zero-order chi connectivity index (χ0) is 16.4. The second-order valence-corrected chi connectivity index (χ2v) is 7.03. The van der Waals surface area contributed by atoms with Crippen LogP contribution >= 0.6 is 11.8 Å². The Bertz CT molecular complexity index is 736. The number of rotatable bonds is 5. The smallest absolute Gasteiger partial charge is 0.225 e. The van der Waals surface area contributed by atoms with E-state index in [0.29, 0.717) is 6.42 Å². The van der Waals surface area contributed by atoms with Crippen LogP contribution in [0.25, 0.3) is 5.69 Å². The van der Waals surface area contributed by atoms with Crippen LogP contribution in [0, 0.1) is 13.8 Å². The van der Waals surface area contributed by atoms with E-state index in [2.05, 4.69) is 38.2 Å². The first-order chi connectivity index (χ1) is 11.1. The average Bonchev–Trinajstić information content (AvgIpc) is 3.11. The predicted octanol–water partition coefficient (Wildman–Crippen LogP) is 4.36. The van der Waals surface area contributed by atoms with Crippen molar-refractivity contribution in [1.29, 1.82) is 0 Å². The molecule has 2 aromatic rings. The average molecular weight is 329 g/mol.